The van der Waals surface area contributed by atoms with Crippen LogP contribution in [0.1, 0.15) is 26.9 Å². The van der Waals surface area contributed by atoms with E-state index in [2.05, 4.69) is 5.32 Å². The molecule has 9 heteroatoms. The molecule has 1 aliphatic rings. The summed E-state index contributed by atoms with van der Waals surface area (Å²) in [4.78, 5) is 0. The zero-order valence-corrected chi connectivity index (χ0v) is 15.5. The first-order valence-corrected chi connectivity index (χ1v) is 9.96. The maximum Gasteiger partial charge on any atom is 0.261 e. The Morgan fingerprint density at radius 3 is 2.35 bits per heavy atom. The lowest BCUT2D eigenvalue weighted by Gasteiger charge is -2.20. The number of phenolic OH excluding ortho intramolecular Hbond substituents is 3. The fourth-order valence-corrected chi connectivity index (χ4v) is 3.12. The molecule has 0 spiro atoms. The van der Waals surface area contributed by atoms with E-state index in [-0.39, 0.29) is 32.5 Å². The lowest BCUT2D eigenvalue weighted by atomic mass is 9.87. The van der Waals surface area contributed by atoms with Gasteiger partial charge in [0.1, 0.15) is 5.75 Å². The van der Waals surface area contributed by atoms with Crippen LogP contribution in [-0.4, -0.2) is 47.6 Å². The third-order valence-corrected chi connectivity index (χ3v) is 4.33. The van der Waals surface area contributed by atoms with Gasteiger partial charge in [0.25, 0.3) is 10.1 Å². The molecular formula is C17H26ClNO6S. The van der Waals surface area contributed by atoms with Gasteiger partial charge in [-0.25, -0.2) is 0 Å². The second-order valence-electron chi connectivity index (χ2n) is 5.96. The van der Waals surface area contributed by atoms with E-state index in [0.29, 0.717) is 19.2 Å². The van der Waals surface area contributed by atoms with Crippen molar-refractivity contribution in [2.24, 2.45) is 0 Å². The second-order valence-corrected chi connectivity index (χ2v) is 7.80. The Bertz CT molecular complexity index is 889. The number of halogens is 1. The first-order valence-electron chi connectivity index (χ1n) is 7.73. The Morgan fingerprint density at radius 1 is 1.19 bits per heavy atom. The zero-order chi connectivity index (χ0) is 19.5. The van der Waals surface area contributed by atoms with Crippen LogP contribution >= 0.6 is 11.6 Å². The fraction of sp³-hybridized carbons (Fsp3) is 0.294. The molecule has 0 amide bonds. The van der Waals surface area contributed by atoms with Gasteiger partial charge in [0.05, 0.1) is 11.3 Å². The molecular weight excluding hydrogens is 382 g/mol. The van der Waals surface area contributed by atoms with E-state index in [1.807, 2.05) is 12.1 Å². The average molecular weight is 408 g/mol. The summed E-state index contributed by atoms with van der Waals surface area (Å²) >= 11 is 6.19. The van der Waals surface area contributed by atoms with Gasteiger partial charge in [0, 0.05) is 16.7 Å². The summed E-state index contributed by atoms with van der Waals surface area (Å²) in [5.74, 6) is -0.245. The van der Waals surface area contributed by atoms with Crippen molar-refractivity contribution in [3.05, 3.63) is 52.0 Å². The molecule has 148 valence electrons. The monoisotopic (exact) mass is 407 g/mol. The summed E-state index contributed by atoms with van der Waals surface area (Å²) in [7, 11) is -3.67. The molecule has 1 aliphatic heterocycles. The minimum absolute atomic E-state index is 0. The molecule has 0 bridgehead atoms. The molecule has 2 aromatic rings. The Hall–Kier alpha value is -2.00. The highest BCUT2D eigenvalue weighted by Crippen LogP contribution is 2.42. The van der Waals surface area contributed by atoms with Gasteiger partial charge in [-0.1, -0.05) is 23.7 Å². The molecule has 0 fully saturated rings. The molecule has 1 atom stereocenters. The Morgan fingerprint density at radius 2 is 1.77 bits per heavy atom. The van der Waals surface area contributed by atoms with Crippen molar-refractivity contribution in [3.8, 4) is 17.2 Å². The molecule has 5 N–H and O–H groups in total. The number of phenols is 3. The normalized spacial score (nSPS) is 16.8. The van der Waals surface area contributed by atoms with Crippen LogP contribution in [0.3, 0.4) is 0 Å². The van der Waals surface area contributed by atoms with E-state index in [9.17, 15) is 23.7 Å². The maximum absolute atomic E-state index is 9.86. The summed E-state index contributed by atoms with van der Waals surface area (Å²) in [5, 5.41) is 32.7. The van der Waals surface area contributed by atoms with Gasteiger partial charge in [0.15, 0.2) is 11.5 Å². The largest absolute Gasteiger partial charge is 0.508 e. The summed E-state index contributed by atoms with van der Waals surface area (Å²) in [6.45, 7) is 1.46. The molecule has 0 radical (unpaired) electrons. The van der Waals surface area contributed by atoms with Crippen LogP contribution in [-0.2, 0) is 16.5 Å². The molecule has 1 unspecified atom stereocenters. The second kappa shape index (κ2) is 8.13. The first-order chi connectivity index (χ1) is 12.1. The summed E-state index contributed by atoms with van der Waals surface area (Å²) in [6.07, 6.45) is 1.41. The van der Waals surface area contributed by atoms with Crippen LogP contribution in [0.25, 0.3) is 0 Å². The van der Waals surface area contributed by atoms with Crippen molar-refractivity contribution in [1.29, 1.82) is 0 Å². The van der Waals surface area contributed by atoms with Crippen LogP contribution in [0.2, 0.25) is 5.02 Å². The smallest absolute Gasteiger partial charge is 0.261 e. The molecule has 0 aromatic heterocycles. The summed E-state index contributed by atoms with van der Waals surface area (Å²) in [6, 6.07) is 8.58. The van der Waals surface area contributed by atoms with Crippen molar-refractivity contribution in [3.63, 3.8) is 0 Å². The van der Waals surface area contributed by atoms with Crippen LogP contribution in [0.4, 0.5) is 0 Å². The molecule has 0 saturated carbocycles. The van der Waals surface area contributed by atoms with E-state index >= 15 is 0 Å². The zero-order valence-electron chi connectivity index (χ0n) is 14.0. The minimum Gasteiger partial charge on any atom is -0.508 e. The molecule has 26 heavy (non-hydrogen) atoms. The van der Waals surface area contributed by atoms with Crippen molar-refractivity contribution in [2.75, 3.05) is 19.3 Å². The van der Waals surface area contributed by atoms with Crippen LogP contribution < -0.4 is 5.32 Å². The molecule has 2 aromatic carbocycles. The average Bonchev–Trinajstić information content (AvgIpc) is 2.75. The number of benzene rings is 2. The van der Waals surface area contributed by atoms with Crippen LogP contribution in [0.5, 0.6) is 17.2 Å². The first kappa shape index (κ1) is 20.3. The fourth-order valence-electron chi connectivity index (χ4n) is 2.82. The maximum atomic E-state index is 9.86. The molecule has 0 saturated heterocycles. The number of hydrogen-bond acceptors (Lipinski definition) is 6. The van der Waals surface area contributed by atoms with Crippen molar-refractivity contribution >= 4 is 21.7 Å². The van der Waals surface area contributed by atoms with Crippen molar-refractivity contribution in [1.82, 2.24) is 5.32 Å². The third kappa shape index (κ3) is 5.25. The lowest BCUT2D eigenvalue weighted by Crippen LogP contribution is -2.20. The van der Waals surface area contributed by atoms with Gasteiger partial charge in [-0.3, -0.25) is 4.55 Å². The van der Waals surface area contributed by atoms with E-state index in [4.69, 9.17) is 16.2 Å². The molecule has 0 aliphatic carbocycles. The highest BCUT2D eigenvalue weighted by atomic mass is 35.5. The van der Waals surface area contributed by atoms with Crippen molar-refractivity contribution in [2.45, 2.75) is 12.3 Å². The molecule has 3 rings (SSSR count). The van der Waals surface area contributed by atoms with Crippen molar-refractivity contribution < 1.29 is 32.6 Å². The minimum atomic E-state index is -3.67. The summed E-state index contributed by atoms with van der Waals surface area (Å²) < 4.78 is 25.9. The number of rotatable bonds is 1. The summed E-state index contributed by atoms with van der Waals surface area (Å²) in [5.41, 5.74) is 2.78. The Kier molecular flexibility index (Phi) is 6.35. The molecule has 1 heterocycles. The van der Waals surface area contributed by atoms with Gasteiger partial charge in [-0.05, 0) is 47.9 Å². The van der Waals surface area contributed by atoms with Gasteiger partial charge < -0.3 is 20.6 Å². The van der Waals surface area contributed by atoms with Gasteiger partial charge in [-0.2, -0.15) is 8.42 Å². The third-order valence-electron chi connectivity index (χ3n) is 3.93. The van der Waals surface area contributed by atoms with Crippen LogP contribution in [0.15, 0.2) is 30.3 Å². The van der Waals surface area contributed by atoms with E-state index < -0.39 is 10.1 Å². The number of fused-ring (bicyclic) bond motifs is 1. The highest BCUT2D eigenvalue weighted by molar-refractivity contribution is 7.85. The lowest BCUT2D eigenvalue weighted by molar-refractivity contribution is 0.402. The Balaban J connectivity index is 0. The van der Waals surface area contributed by atoms with Gasteiger partial charge in [0.2, 0.25) is 0 Å². The SMILES string of the molecule is CS(=O)(=O)O.Oc1ccc(C2CNCCc3c2cc(O)c(O)c3Cl)cc1.[HH].[HH].[HH]. The van der Waals surface area contributed by atoms with Gasteiger partial charge in [-0.15, -0.1) is 0 Å². The predicted octanol–water partition coefficient (Wildman–Crippen LogP) is 2.98. The van der Waals surface area contributed by atoms with E-state index in [1.54, 1.807) is 18.2 Å². The molecule has 7 nitrogen and oxygen atoms in total. The van der Waals surface area contributed by atoms with E-state index in [1.165, 1.54) is 0 Å². The number of aromatic hydroxyl groups is 3. The number of hydrogen-bond donors (Lipinski definition) is 5. The Labute approximate surface area is 161 Å². The quantitative estimate of drug-likeness (QED) is 0.363. The predicted molar refractivity (Wildman–Crippen MR) is 105 cm³/mol. The highest BCUT2D eigenvalue weighted by Gasteiger charge is 2.25. The topological polar surface area (TPSA) is 127 Å². The van der Waals surface area contributed by atoms with E-state index in [0.717, 1.165) is 23.2 Å². The van der Waals surface area contributed by atoms with Crippen LogP contribution in [0, 0.1) is 0 Å². The van der Waals surface area contributed by atoms with Gasteiger partial charge >= 0.3 is 0 Å². The standard InChI is InChI=1S/C16H16ClNO3.CH4O3S.3H2/c17-15-11-5-6-18-8-13(9-1-3-10(19)4-2-9)12(11)7-14(20)16(15)21;1-5(2,3)4;;;/h1-4,7,13,18-21H,5-6,8H2;1H3,(H,2,3,4);3*1H. The number of nitrogens with one attached hydrogen (secondary N) is 1.